The van der Waals surface area contributed by atoms with E-state index in [-0.39, 0.29) is 5.91 Å². The summed E-state index contributed by atoms with van der Waals surface area (Å²) in [5.74, 6) is 1.13. The molecular formula is C21H13BrClNO2S2. The van der Waals surface area contributed by atoms with Gasteiger partial charge in [-0.25, -0.2) is 0 Å². The maximum atomic E-state index is 12.9. The summed E-state index contributed by atoms with van der Waals surface area (Å²) in [6.45, 7) is 2.03. The van der Waals surface area contributed by atoms with Crippen LogP contribution in [0.2, 0.25) is 5.02 Å². The van der Waals surface area contributed by atoms with E-state index in [9.17, 15) is 4.79 Å². The van der Waals surface area contributed by atoms with Crippen LogP contribution in [-0.4, -0.2) is 10.2 Å². The zero-order valence-electron chi connectivity index (χ0n) is 14.6. The lowest BCUT2D eigenvalue weighted by atomic mass is 10.1. The molecule has 2 aromatic carbocycles. The van der Waals surface area contributed by atoms with Gasteiger partial charge < -0.3 is 4.42 Å². The number of nitrogens with zero attached hydrogens (tertiary/aromatic N) is 1. The number of thioether (sulfide) groups is 1. The zero-order valence-corrected chi connectivity index (χ0v) is 18.6. The molecule has 7 heteroatoms. The standard InChI is InChI=1S/C21H13BrClNO2S2/c1-12-5-7-16(17(22)9-12)18-8-6-15(26-18)11-19-20(25)24(21(27)28-19)14-4-2-3-13(23)10-14/h2-11H,1H3/b19-11+. The van der Waals surface area contributed by atoms with E-state index in [0.717, 1.165) is 21.4 Å². The first-order chi connectivity index (χ1) is 13.4. The molecule has 0 bridgehead atoms. The summed E-state index contributed by atoms with van der Waals surface area (Å²) >= 11 is 16.3. The molecule has 0 unspecified atom stereocenters. The maximum absolute atomic E-state index is 12.9. The minimum Gasteiger partial charge on any atom is -0.457 e. The molecule has 1 aliphatic rings. The minimum atomic E-state index is -0.188. The van der Waals surface area contributed by atoms with Crippen LogP contribution in [0.1, 0.15) is 11.3 Å². The van der Waals surface area contributed by atoms with Crippen molar-refractivity contribution >= 4 is 73.5 Å². The van der Waals surface area contributed by atoms with Gasteiger partial charge in [-0.05, 0) is 55.0 Å². The number of aryl methyl sites for hydroxylation is 1. The zero-order chi connectivity index (χ0) is 19.8. The Morgan fingerprint density at radius 3 is 2.75 bits per heavy atom. The number of carbonyl (C=O) groups is 1. The topological polar surface area (TPSA) is 33.5 Å². The van der Waals surface area contributed by atoms with Crippen LogP contribution in [0.3, 0.4) is 0 Å². The first-order valence-corrected chi connectivity index (χ1v) is 10.7. The fraction of sp³-hybridized carbons (Fsp3) is 0.0476. The van der Waals surface area contributed by atoms with Crippen molar-refractivity contribution in [3.05, 3.63) is 80.3 Å². The molecule has 0 aliphatic carbocycles. The molecule has 1 amide bonds. The number of hydrogen-bond acceptors (Lipinski definition) is 4. The molecule has 3 nitrogen and oxygen atoms in total. The number of rotatable bonds is 3. The molecule has 1 aliphatic heterocycles. The number of anilines is 1. The second-order valence-electron chi connectivity index (χ2n) is 6.18. The van der Waals surface area contributed by atoms with Gasteiger partial charge in [0.05, 0.1) is 10.6 Å². The Kier molecular flexibility index (Phi) is 5.47. The molecule has 1 saturated heterocycles. The number of furan rings is 1. The lowest BCUT2D eigenvalue weighted by molar-refractivity contribution is -0.113. The summed E-state index contributed by atoms with van der Waals surface area (Å²) < 4.78 is 7.36. The molecule has 28 heavy (non-hydrogen) atoms. The van der Waals surface area contributed by atoms with Gasteiger partial charge in [-0.15, -0.1) is 0 Å². The number of benzene rings is 2. The smallest absolute Gasteiger partial charge is 0.270 e. The van der Waals surface area contributed by atoms with Gasteiger partial charge in [-0.2, -0.15) is 0 Å². The maximum Gasteiger partial charge on any atom is 0.270 e. The van der Waals surface area contributed by atoms with E-state index in [1.165, 1.54) is 16.7 Å². The van der Waals surface area contributed by atoms with Crippen molar-refractivity contribution in [1.29, 1.82) is 0 Å². The summed E-state index contributed by atoms with van der Waals surface area (Å²) in [4.78, 5) is 14.8. The van der Waals surface area contributed by atoms with Crippen molar-refractivity contribution in [3.8, 4) is 11.3 Å². The molecule has 4 rings (SSSR count). The fourth-order valence-electron chi connectivity index (χ4n) is 2.83. The summed E-state index contributed by atoms with van der Waals surface area (Å²) in [7, 11) is 0. The van der Waals surface area contributed by atoms with Crippen LogP contribution in [0.15, 0.2) is 68.4 Å². The SMILES string of the molecule is Cc1ccc(-c2ccc(/C=C3/SC(=S)N(c4cccc(Cl)c4)C3=O)o2)c(Br)c1. The van der Waals surface area contributed by atoms with Gasteiger partial charge in [-0.1, -0.05) is 63.6 Å². The Bertz CT molecular complexity index is 1140. The molecular weight excluding hydrogens is 478 g/mol. The number of thiocarbonyl (C=S) groups is 1. The van der Waals surface area contributed by atoms with Crippen molar-refractivity contribution in [1.82, 2.24) is 0 Å². The van der Waals surface area contributed by atoms with Gasteiger partial charge in [0, 0.05) is 21.1 Å². The molecule has 0 atom stereocenters. The summed E-state index contributed by atoms with van der Waals surface area (Å²) in [6.07, 6.45) is 1.72. The summed E-state index contributed by atoms with van der Waals surface area (Å²) in [5.41, 5.74) is 2.77. The molecule has 1 fully saturated rings. The molecule has 2 heterocycles. The summed E-state index contributed by atoms with van der Waals surface area (Å²) in [5, 5.41) is 0.551. The lowest BCUT2D eigenvalue weighted by Gasteiger charge is -2.14. The van der Waals surface area contributed by atoms with Crippen LogP contribution < -0.4 is 4.90 Å². The Morgan fingerprint density at radius 1 is 1.18 bits per heavy atom. The Morgan fingerprint density at radius 2 is 2.00 bits per heavy atom. The quantitative estimate of drug-likeness (QED) is 0.290. The second-order valence-corrected chi connectivity index (χ2v) is 9.15. The number of hydrogen-bond donors (Lipinski definition) is 0. The largest absolute Gasteiger partial charge is 0.457 e. The van der Waals surface area contributed by atoms with E-state index in [1.54, 1.807) is 30.3 Å². The predicted octanol–water partition coefficient (Wildman–Crippen LogP) is 7.08. The highest BCUT2D eigenvalue weighted by atomic mass is 79.9. The third kappa shape index (κ3) is 3.82. The van der Waals surface area contributed by atoms with E-state index in [1.807, 2.05) is 37.3 Å². The molecule has 1 aromatic heterocycles. The average Bonchev–Trinajstić information content (AvgIpc) is 3.20. The van der Waals surface area contributed by atoms with Crippen LogP contribution in [0.4, 0.5) is 5.69 Å². The average molecular weight is 491 g/mol. The first kappa shape index (κ1) is 19.5. The van der Waals surface area contributed by atoms with E-state index < -0.39 is 0 Å². The minimum absolute atomic E-state index is 0.188. The third-order valence-electron chi connectivity index (χ3n) is 4.15. The van der Waals surface area contributed by atoms with Crippen LogP contribution in [0.25, 0.3) is 17.4 Å². The van der Waals surface area contributed by atoms with Crippen molar-refractivity contribution in [2.24, 2.45) is 0 Å². The Labute approximate surface area is 185 Å². The van der Waals surface area contributed by atoms with E-state index in [0.29, 0.717) is 25.7 Å². The number of halogens is 2. The van der Waals surface area contributed by atoms with Crippen LogP contribution in [-0.2, 0) is 4.79 Å². The lowest BCUT2D eigenvalue weighted by Crippen LogP contribution is -2.27. The number of carbonyl (C=O) groups excluding carboxylic acids is 1. The molecule has 0 saturated carbocycles. The fourth-order valence-corrected chi connectivity index (χ4v) is 4.98. The van der Waals surface area contributed by atoms with Crippen LogP contribution in [0.5, 0.6) is 0 Å². The van der Waals surface area contributed by atoms with Gasteiger partial charge in [0.1, 0.15) is 11.5 Å². The van der Waals surface area contributed by atoms with Crippen LogP contribution in [0, 0.1) is 6.92 Å². The monoisotopic (exact) mass is 489 g/mol. The van der Waals surface area contributed by atoms with Gasteiger partial charge in [0.25, 0.3) is 5.91 Å². The summed E-state index contributed by atoms with van der Waals surface area (Å²) in [6, 6.07) is 16.9. The highest BCUT2D eigenvalue weighted by Gasteiger charge is 2.33. The highest BCUT2D eigenvalue weighted by molar-refractivity contribution is 9.10. The molecule has 0 spiro atoms. The van der Waals surface area contributed by atoms with Crippen molar-refractivity contribution in [2.45, 2.75) is 6.92 Å². The van der Waals surface area contributed by atoms with Gasteiger partial charge in [-0.3, -0.25) is 9.69 Å². The molecule has 0 radical (unpaired) electrons. The normalized spacial score (nSPS) is 15.7. The van der Waals surface area contributed by atoms with Crippen LogP contribution >= 0.6 is 51.5 Å². The van der Waals surface area contributed by atoms with Crippen molar-refractivity contribution in [3.63, 3.8) is 0 Å². The predicted molar refractivity (Wildman–Crippen MR) is 124 cm³/mol. The number of amides is 1. The molecule has 140 valence electrons. The Hall–Kier alpha value is -1.86. The van der Waals surface area contributed by atoms with Gasteiger partial charge in [0.15, 0.2) is 4.32 Å². The van der Waals surface area contributed by atoms with E-state index in [2.05, 4.69) is 15.9 Å². The van der Waals surface area contributed by atoms with E-state index >= 15 is 0 Å². The third-order valence-corrected chi connectivity index (χ3v) is 6.34. The van der Waals surface area contributed by atoms with Gasteiger partial charge in [0.2, 0.25) is 0 Å². The molecule has 0 N–H and O–H groups in total. The Balaban J connectivity index is 1.62. The van der Waals surface area contributed by atoms with Crippen molar-refractivity contribution in [2.75, 3.05) is 4.90 Å². The second kappa shape index (κ2) is 7.87. The van der Waals surface area contributed by atoms with Gasteiger partial charge >= 0.3 is 0 Å². The molecule has 3 aromatic rings. The first-order valence-electron chi connectivity index (χ1n) is 8.32. The van der Waals surface area contributed by atoms with Crippen molar-refractivity contribution < 1.29 is 9.21 Å². The van der Waals surface area contributed by atoms with E-state index in [4.69, 9.17) is 28.2 Å². The highest BCUT2D eigenvalue weighted by Crippen LogP contribution is 2.37.